The van der Waals surface area contributed by atoms with Crippen LogP contribution in [-0.2, 0) is 4.79 Å². The number of hydrogen-bond donors (Lipinski definition) is 4. The van der Waals surface area contributed by atoms with E-state index >= 15 is 0 Å². The Hall–Kier alpha value is -4.04. The van der Waals surface area contributed by atoms with Gasteiger partial charge in [0.2, 0.25) is 5.91 Å². The van der Waals surface area contributed by atoms with Crippen molar-refractivity contribution >= 4 is 28.9 Å². The van der Waals surface area contributed by atoms with Crippen LogP contribution >= 0.6 is 11.6 Å². The molecule has 0 aliphatic heterocycles. The quantitative estimate of drug-likeness (QED) is 0.309. The van der Waals surface area contributed by atoms with Crippen LogP contribution in [0.15, 0.2) is 73.0 Å². The predicted octanol–water partition coefficient (Wildman–Crippen LogP) is 3.13. The van der Waals surface area contributed by atoms with E-state index in [0.29, 0.717) is 27.6 Å². The highest BCUT2D eigenvalue weighted by Crippen LogP contribution is 2.26. The summed E-state index contributed by atoms with van der Waals surface area (Å²) in [6, 6.07) is 12.2. The molecule has 32 heavy (non-hydrogen) atoms. The lowest BCUT2D eigenvalue weighted by atomic mass is 10.1. The van der Waals surface area contributed by atoms with Crippen molar-refractivity contribution in [2.75, 3.05) is 7.11 Å². The molecule has 3 aromatic rings. The first-order valence-corrected chi connectivity index (χ1v) is 9.94. The molecule has 0 aliphatic carbocycles. The topological polar surface area (TPSA) is 132 Å². The molecular formula is C23H23ClN6O2. The first-order chi connectivity index (χ1) is 15.3. The summed E-state index contributed by atoms with van der Waals surface area (Å²) in [4.78, 5) is 15.7. The van der Waals surface area contributed by atoms with E-state index < -0.39 is 5.91 Å². The number of ether oxygens (including phenoxy) is 1. The summed E-state index contributed by atoms with van der Waals surface area (Å²) in [6.07, 6.45) is 6.21. The number of halogens is 1. The largest absolute Gasteiger partial charge is 0.495 e. The minimum atomic E-state index is -0.701. The number of carbonyl (C=O) groups is 1. The molecule has 0 saturated carbocycles. The average molecular weight is 451 g/mol. The van der Waals surface area contributed by atoms with Gasteiger partial charge in [-0.05, 0) is 31.2 Å². The molecule has 3 rings (SSSR count). The van der Waals surface area contributed by atoms with E-state index in [1.807, 2.05) is 29.8 Å². The van der Waals surface area contributed by atoms with Gasteiger partial charge in [-0.25, -0.2) is 4.98 Å². The lowest BCUT2D eigenvalue weighted by Crippen LogP contribution is -2.21. The third-order valence-electron chi connectivity index (χ3n) is 4.56. The number of nitrogens with two attached hydrogens (primary N) is 2. The Balaban J connectivity index is 1.87. The van der Waals surface area contributed by atoms with Gasteiger partial charge in [-0.3, -0.25) is 10.2 Å². The van der Waals surface area contributed by atoms with E-state index in [9.17, 15) is 4.79 Å². The zero-order valence-electron chi connectivity index (χ0n) is 17.6. The number of benzene rings is 2. The van der Waals surface area contributed by atoms with E-state index in [2.05, 4.69) is 10.3 Å². The summed E-state index contributed by atoms with van der Waals surface area (Å²) in [5, 5.41) is 11.8. The van der Waals surface area contributed by atoms with E-state index in [-0.39, 0.29) is 11.4 Å². The number of aromatic nitrogens is 2. The molecule has 0 fully saturated rings. The van der Waals surface area contributed by atoms with Crippen molar-refractivity contribution in [3.63, 3.8) is 0 Å². The highest BCUT2D eigenvalue weighted by Gasteiger charge is 2.11. The number of aryl methyl sites for hydroxylation is 1. The molecule has 0 unspecified atom stereocenters. The van der Waals surface area contributed by atoms with Gasteiger partial charge in [-0.1, -0.05) is 29.8 Å². The average Bonchev–Trinajstić information content (AvgIpc) is 3.21. The van der Waals surface area contributed by atoms with Crippen LogP contribution in [0.2, 0.25) is 5.02 Å². The predicted molar refractivity (Wildman–Crippen MR) is 126 cm³/mol. The molecule has 2 aromatic carbocycles. The zero-order valence-corrected chi connectivity index (χ0v) is 18.4. The van der Waals surface area contributed by atoms with Gasteiger partial charge in [0, 0.05) is 34.6 Å². The lowest BCUT2D eigenvalue weighted by molar-refractivity contribution is -0.113. The highest BCUT2D eigenvalue weighted by atomic mass is 35.5. The van der Waals surface area contributed by atoms with Crippen LogP contribution in [-0.4, -0.2) is 28.3 Å². The maximum atomic E-state index is 11.5. The van der Waals surface area contributed by atoms with Crippen molar-refractivity contribution in [3.05, 3.63) is 94.8 Å². The Morgan fingerprint density at radius 1 is 1.22 bits per heavy atom. The number of allylic oxidation sites excluding steroid dienone is 1. The van der Waals surface area contributed by atoms with Crippen molar-refractivity contribution in [2.24, 2.45) is 11.5 Å². The van der Waals surface area contributed by atoms with Gasteiger partial charge in [0.25, 0.3) is 0 Å². The zero-order chi connectivity index (χ0) is 23.3. The molecule has 0 aliphatic rings. The van der Waals surface area contributed by atoms with Crippen LogP contribution in [0.4, 0.5) is 0 Å². The van der Waals surface area contributed by atoms with Crippen LogP contribution < -0.4 is 21.5 Å². The molecule has 1 aromatic heterocycles. The third-order valence-corrected chi connectivity index (χ3v) is 4.79. The van der Waals surface area contributed by atoms with Gasteiger partial charge < -0.3 is 26.1 Å². The lowest BCUT2D eigenvalue weighted by Gasteiger charge is -2.13. The van der Waals surface area contributed by atoms with Crippen LogP contribution in [0, 0.1) is 12.3 Å². The van der Waals surface area contributed by atoms with E-state index in [1.54, 1.807) is 43.8 Å². The van der Waals surface area contributed by atoms with Gasteiger partial charge in [0.1, 0.15) is 5.75 Å². The second-order valence-corrected chi connectivity index (χ2v) is 7.34. The normalized spacial score (nSPS) is 11.8. The fraction of sp³-hybridized carbons (Fsp3) is 0.0870. The Morgan fingerprint density at radius 2 is 2.00 bits per heavy atom. The van der Waals surface area contributed by atoms with E-state index in [0.717, 1.165) is 17.5 Å². The number of methoxy groups -OCH3 is 1. The van der Waals surface area contributed by atoms with E-state index in [1.165, 1.54) is 6.20 Å². The first kappa shape index (κ1) is 22.6. The van der Waals surface area contributed by atoms with Crippen molar-refractivity contribution < 1.29 is 9.53 Å². The Bertz CT molecular complexity index is 1230. The smallest absolute Gasteiger partial charge is 0.243 e. The second kappa shape index (κ2) is 9.84. The maximum absolute atomic E-state index is 11.5. The Labute approximate surface area is 190 Å². The molecule has 1 heterocycles. The number of hydrogen-bond acceptors (Lipinski definition) is 6. The number of amides is 1. The summed E-state index contributed by atoms with van der Waals surface area (Å²) in [6.45, 7) is 1.90. The number of nitrogens with one attached hydrogen (secondary N) is 2. The van der Waals surface area contributed by atoms with Crippen LogP contribution in [0.1, 0.15) is 16.8 Å². The van der Waals surface area contributed by atoms with Gasteiger partial charge in [-0.15, -0.1) is 0 Å². The monoisotopic (exact) mass is 450 g/mol. The summed E-state index contributed by atoms with van der Waals surface area (Å²) in [5.74, 6) is -0.0938. The van der Waals surface area contributed by atoms with Gasteiger partial charge in [0.15, 0.2) is 0 Å². The SMILES string of the molecule is COc1cc(/C(N)=C/N/C(=C/C(N)=O)C(=N)c2cccc(Cl)c2)ccc1-n1cnc(C)c1. The molecule has 0 bridgehead atoms. The Morgan fingerprint density at radius 3 is 2.62 bits per heavy atom. The summed E-state index contributed by atoms with van der Waals surface area (Å²) in [7, 11) is 1.57. The minimum Gasteiger partial charge on any atom is -0.495 e. The number of imidazole rings is 1. The third kappa shape index (κ3) is 5.35. The molecule has 0 radical (unpaired) electrons. The van der Waals surface area contributed by atoms with Crippen molar-refractivity contribution in [1.29, 1.82) is 5.41 Å². The molecular weight excluding hydrogens is 428 g/mol. The number of carbonyl (C=O) groups excluding carboxylic acids is 1. The minimum absolute atomic E-state index is 0.0405. The molecule has 0 atom stereocenters. The summed E-state index contributed by atoms with van der Waals surface area (Å²) in [5.41, 5.74) is 15.0. The molecule has 9 heteroatoms. The molecule has 1 amide bonds. The van der Waals surface area contributed by atoms with Gasteiger partial charge >= 0.3 is 0 Å². The maximum Gasteiger partial charge on any atom is 0.243 e. The molecule has 0 spiro atoms. The molecule has 0 saturated heterocycles. The van der Waals surface area contributed by atoms with Gasteiger partial charge in [0.05, 0.1) is 41.9 Å². The highest BCUT2D eigenvalue weighted by molar-refractivity contribution is 6.31. The van der Waals surface area contributed by atoms with Crippen LogP contribution in [0.25, 0.3) is 11.4 Å². The van der Waals surface area contributed by atoms with Crippen molar-refractivity contribution in [2.45, 2.75) is 6.92 Å². The second-order valence-electron chi connectivity index (χ2n) is 6.90. The molecule has 164 valence electrons. The fourth-order valence-corrected chi connectivity index (χ4v) is 3.18. The molecule has 6 N–H and O–H groups in total. The standard InChI is InChI=1S/C23H23ClN6O2/c1-14-12-30(13-29-14)20-7-6-15(9-21(20)32-2)18(25)11-28-19(10-22(26)31)23(27)16-4-3-5-17(24)8-16/h3-13,27-28H,25H2,1-2H3,(H2,26,31)/b18-11-,19-10+,27-23?. The number of primary amides is 1. The van der Waals surface area contributed by atoms with Crippen molar-refractivity contribution in [1.82, 2.24) is 14.9 Å². The number of rotatable bonds is 8. The first-order valence-electron chi connectivity index (χ1n) is 9.56. The number of nitrogens with zero attached hydrogens (tertiary/aromatic N) is 2. The summed E-state index contributed by atoms with van der Waals surface area (Å²) < 4.78 is 7.37. The van der Waals surface area contributed by atoms with Gasteiger partial charge in [-0.2, -0.15) is 0 Å². The van der Waals surface area contributed by atoms with E-state index in [4.69, 9.17) is 33.2 Å². The molecule has 8 nitrogen and oxygen atoms in total. The Kier molecular flexibility index (Phi) is 6.97. The van der Waals surface area contributed by atoms with Crippen LogP contribution in [0.5, 0.6) is 5.75 Å². The summed E-state index contributed by atoms with van der Waals surface area (Å²) >= 11 is 6.02. The fourth-order valence-electron chi connectivity index (χ4n) is 2.99. The van der Waals surface area contributed by atoms with Crippen molar-refractivity contribution in [3.8, 4) is 11.4 Å². The van der Waals surface area contributed by atoms with Crippen LogP contribution in [0.3, 0.4) is 0 Å².